The molecule has 3 aromatic rings. The van der Waals surface area contributed by atoms with E-state index in [9.17, 15) is 9.59 Å². The van der Waals surface area contributed by atoms with Crippen LogP contribution in [0.15, 0.2) is 59.5 Å². The third kappa shape index (κ3) is 4.04. The Morgan fingerprint density at radius 1 is 1.22 bits per heavy atom. The fraction of sp³-hybridized carbons (Fsp3) is 0.150. The Morgan fingerprint density at radius 2 is 1.96 bits per heavy atom. The number of hydrogen-bond donors (Lipinski definition) is 3. The van der Waals surface area contributed by atoms with Gasteiger partial charge >= 0.3 is 5.97 Å². The van der Waals surface area contributed by atoms with Crippen LogP contribution in [0.3, 0.4) is 0 Å². The van der Waals surface area contributed by atoms with Crippen molar-refractivity contribution < 1.29 is 9.90 Å². The minimum atomic E-state index is -1.00. The van der Waals surface area contributed by atoms with Crippen LogP contribution in [0.4, 0.5) is 5.69 Å². The molecule has 138 valence electrons. The molecule has 7 nitrogen and oxygen atoms in total. The van der Waals surface area contributed by atoms with Crippen LogP contribution >= 0.6 is 0 Å². The molecule has 0 aliphatic heterocycles. The third-order valence-electron chi connectivity index (χ3n) is 4.15. The quantitative estimate of drug-likeness (QED) is 0.620. The van der Waals surface area contributed by atoms with E-state index in [4.69, 9.17) is 10.8 Å². The molecular weight excluding hydrogens is 344 g/mol. The highest BCUT2D eigenvalue weighted by atomic mass is 16.4. The summed E-state index contributed by atoms with van der Waals surface area (Å²) in [6.07, 6.45) is 2.12. The number of carboxylic acids is 1. The van der Waals surface area contributed by atoms with Crippen molar-refractivity contribution in [2.24, 2.45) is 5.73 Å². The van der Waals surface area contributed by atoms with Gasteiger partial charge < -0.3 is 10.8 Å². The first-order valence-electron chi connectivity index (χ1n) is 8.54. The first kappa shape index (κ1) is 18.3. The SMILES string of the molecule is CCc1nc(-c2cccc(CN)c2)cn(Nc2ccc(C(=O)O)cc2)c1=O. The number of aromatic nitrogens is 2. The summed E-state index contributed by atoms with van der Waals surface area (Å²) in [6, 6.07) is 13.9. The van der Waals surface area contributed by atoms with Crippen LogP contribution in [0.25, 0.3) is 11.3 Å². The number of benzene rings is 2. The van der Waals surface area contributed by atoms with Crippen molar-refractivity contribution in [1.82, 2.24) is 9.66 Å². The lowest BCUT2D eigenvalue weighted by molar-refractivity contribution is 0.0697. The minimum Gasteiger partial charge on any atom is -0.478 e. The second-order valence-corrected chi connectivity index (χ2v) is 6.00. The Bertz CT molecular complexity index is 1030. The third-order valence-corrected chi connectivity index (χ3v) is 4.15. The number of hydrogen-bond acceptors (Lipinski definition) is 5. The van der Waals surface area contributed by atoms with Gasteiger partial charge in [0.05, 0.1) is 23.1 Å². The number of aromatic carboxylic acids is 1. The first-order valence-corrected chi connectivity index (χ1v) is 8.54. The normalized spacial score (nSPS) is 10.6. The molecule has 0 amide bonds. The van der Waals surface area contributed by atoms with Crippen LogP contribution in [-0.2, 0) is 13.0 Å². The van der Waals surface area contributed by atoms with E-state index in [-0.39, 0.29) is 11.1 Å². The number of nitrogens with zero attached hydrogens (tertiary/aromatic N) is 2. The van der Waals surface area contributed by atoms with Crippen LogP contribution in [0.2, 0.25) is 0 Å². The van der Waals surface area contributed by atoms with Gasteiger partial charge in [0.15, 0.2) is 0 Å². The number of carboxylic acid groups (broad SMARTS) is 1. The van der Waals surface area contributed by atoms with E-state index in [0.717, 1.165) is 11.1 Å². The van der Waals surface area contributed by atoms with Gasteiger partial charge in [0.2, 0.25) is 0 Å². The molecule has 3 rings (SSSR count). The molecule has 0 aliphatic carbocycles. The molecule has 0 aliphatic rings. The zero-order valence-electron chi connectivity index (χ0n) is 14.8. The lowest BCUT2D eigenvalue weighted by Gasteiger charge is -2.13. The summed E-state index contributed by atoms with van der Waals surface area (Å²) in [5, 5.41) is 8.99. The van der Waals surface area contributed by atoms with E-state index in [1.807, 2.05) is 31.2 Å². The zero-order chi connectivity index (χ0) is 19.4. The predicted molar refractivity (Wildman–Crippen MR) is 104 cm³/mol. The van der Waals surface area contributed by atoms with Gasteiger partial charge in [-0.25, -0.2) is 14.5 Å². The number of rotatable bonds is 6. The summed E-state index contributed by atoms with van der Waals surface area (Å²) < 4.78 is 1.37. The molecule has 1 aromatic heterocycles. The molecule has 0 atom stereocenters. The first-order chi connectivity index (χ1) is 13.0. The summed E-state index contributed by atoms with van der Waals surface area (Å²) in [5.41, 5.74) is 12.2. The smallest absolute Gasteiger partial charge is 0.335 e. The highest BCUT2D eigenvalue weighted by Gasteiger charge is 2.10. The Morgan fingerprint density at radius 3 is 2.59 bits per heavy atom. The van der Waals surface area contributed by atoms with Gasteiger partial charge in [0.1, 0.15) is 5.69 Å². The van der Waals surface area contributed by atoms with Gasteiger partial charge in [-0.15, -0.1) is 0 Å². The van der Waals surface area contributed by atoms with E-state index in [2.05, 4.69) is 10.4 Å². The van der Waals surface area contributed by atoms with E-state index in [1.54, 1.807) is 18.3 Å². The predicted octanol–water partition coefficient (Wildman–Crippen LogP) is 2.50. The van der Waals surface area contributed by atoms with Crippen LogP contribution < -0.4 is 16.7 Å². The fourth-order valence-corrected chi connectivity index (χ4v) is 2.68. The topological polar surface area (TPSA) is 110 Å². The Labute approximate surface area is 156 Å². The summed E-state index contributed by atoms with van der Waals surface area (Å²) in [7, 11) is 0. The van der Waals surface area contributed by atoms with Gasteiger partial charge in [0.25, 0.3) is 5.56 Å². The molecule has 0 saturated carbocycles. The molecule has 0 radical (unpaired) electrons. The van der Waals surface area contributed by atoms with Gasteiger partial charge in [-0.05, 0) is 42.3 Å². The van der Waals surface area contributed by atoms with Crippen molar-refractivity contribution in [3.8, 4) is 11.3 Å². The van der Waals surface area contributed by atoms with E-state index in [1.165, 1.54) is 16.8 Å². The van der Waals surface area contributed by atoms with Gasteiger partial charge in [-0.1, -0.05) is 25.1 Å². The van der Waals surface area contributed by atoms with E-state index < -0.39 is 5.97 Å². The van der Waals surface area contributed by atoms with E-state index in [0.29, 0.717) is 30.0 Å². The average molecular weight is 364 g/mol. The monoisotopic (exact) mass is 364 g/mol. The van der Waals surface area contributed by atoms with Crippen LogP contribution in [-0.4, -0.2) is 20.7 Å². The molecule has 0 spiro atoms. The highest BCUT2D eigenvalue weighted by Crippen LogP contribution is 2.18. The van der Waals surface area contributed by atoms with Crippen molar-refractivity contribution in [1.29, 1.82) is 0 Å². The van der Waals surface area contributed by atoms with Crippen molar-refractivity contribution in [2.45, 2.75) is 19.9 Å². The maximum absolute atomic E-state index is 12.6. The second-order valence-electron chi connectivity index (χ2n) is 6.00. The molecule has 0 unspecified atom stereocenters. The summed E-state index contributed by atoms with van der Waals surface area (Å²) >= 11 is 0. The summed E-state index contributed by atoms with van der Waals surface area (Å²) in [6.45, 7) is 2.29. The lowest BCUT2D eigenvalue weighted by atomic mass is 10.1. The number of nitrogens with one attached hydrogen (secondary N) is 1. The Hall–Kier alpha value is -3.45. The van der Waals surface area contributed by atoms with Crippen molar-refractivity contribution in [3.63, 3.8) is 0 Å². The second kappa shape index (κ2) is 7.84. The molecule has 4 N–H and O–H groups in total. The van der Waals surface area contributed by atoms with Crippen LogP contribution in [0.5, 0.6) is 0 Å². The molecule has 0 bridgehead atoms. The van der Waals surface area contributed by atoms with Crippen LogP contribution in [0, 0.1) is 0 Å². The molecule has 2 aromatic carbocycles. The van der Waals surface area contributed by atoms with Crippen molar-refractivity contribution in [2.75, 3.05) is 5.43 Å². The average Bonchev–Trinajstić information content (AvgIpc) is 2.70. The highest BCUT2D eigenvalue weighted by molar-refractivity contribution is 5.88. The van der Waals surface area contributed by atoms with Gasteiger partial charge in [-0.2, -0.15) is 0 Å². The van der Waals surface area contributed by atoms with Crippen LogP contribution in [0.1, 0.15) is 28.5 Å². The zero-order valence-corrected chi connectivity index (χ0v) is 14.8. The molecule has 0 saturated heterocycles. The van der Waals surface area contributed by atoms with Gasteiger partial charge in [-0.3, -0.25) is 10.2 Å². The van der Waals surface area contributed by atoms with E-state index >= 15 is 0 Å². The molecule has 7 heteroatoms. The molecule has 0 fully saturated rings. The molecular formula is C20H20N4O3. The Kier molecular flexibility index (Phi) is 5.33. The number of aryl methyl sites for hydroxylation is 1. The largest absolute Gasteiger partial charge is 0.478 e. The fourth-order valence-electron chi connectivity index (χ4n) is 2.68. The number of anilines is 1. The number of nitrogens with two attached hydrogens (primary N) is 1. The minimum absolute atomic E-state index is 0.177. The lowest BCUT2D eigenvalue weighted by Crippen LogP contribution is -2.30. The number of carbonyl (C=O) groups is 1. The molecule has 27 heavy (non-hydrogen) atoms. The van der Waals surface area contributed by atoms with Crippen molar-refractivity contribution in [3.05, 3.63) is 81.9 Å². The maximum Gasteiger partial charge on any atom is 0.335 e. The Balaban J connectivity index is 2.01. The summed E-state index contributed by atoms with van der Waals surface area (Å²) in [4.78, 5) is 28.1. The maximum atomic E-state index is 12.6. The standard InChI is InChI=1S/C20H20N4O3/c1-2-17-19(25)24(23-16-8-6-14(7-9-16)20(26)27)12-18(22-17)15-5-3-4-13(10-15)11-21/h3-10,12,23H,2,11,21H2,1H3,(H,26,27). The summed E-state index contributed by atoms with van der Waals surface area (Å²) in [5.74, 6) is -1.00. The van der Waals surface area contributed by atoms with Gasteiger partial charge in [0, 0.05) is 12.1 Å². The molecule has 1 heterocycles. The van der Waals surface area contributed by atoms with Crippen molar-refractivity contribution >= 4 is 11.7 Å².